The Kier molecular flexibility index (Phi) is 5.52. The second-order valence-electron chi connectivity index (χ2n) is 7.36. The largest absolute Gasteiger partial charge is 0.497 e. The lowest BCUT2D eigenvalue weighted by Gasteiger charge is -2.31. The van der Waals surface area contributed by atoms with Crippen LogP contribution in [0.3, 0.4) is 0 Å². The number of aromatic nitrogens is 2. The number of aryl methyl sites for hydroxylation is 1. The number of ether oxygens (including phenoxy) is 1. The molecule has 4 rings (SSSR count). The molecule has 1 unspecified atom stereocenters. The molecular formula is C23H24N4O3. The summed E-state index contributed by atoms with van der Waals surface area (Å²) in [7, 11) is 3.48. The Balaban J connectivity index is 1.53. The van der Waals surface area contributed by atoms with Crippen molar-refractivity contribution in [1.82, 2.24) is 14.9 Å². The van der Waals surface area contributed by atoms with Crippen LogP contribution in [0.1, 0.15) is 16.8 Å². The minimum Gasteiger partial charge on any atom is -0.497 e. The van der Waals surface area contributed by atoms with Crippen molar-refractivity contribution in [3.8, 4) is 5.75 Å². The van der Waals surface area contributed by atoms with Gasteiger partial charge in [0.15, 0.2) is 5.82 Å². The molecule has 1 N–H and O–H groups in total. The van der Waals surface area contributed by atoms with Gasteiger partial charge < -0.3 is 14.6 Å². The summed E-state index contributed by atoms with van der Waals surface area (Å²) in [5, 5.41) is 2.91. The Bertz CT molecular complexity index is 1060. The Hall–Kier alpha value is -3.61. The molecule has 0 spiro atoms. The van der Waals surface area contributed by atoms with E-state index in [9.17, 15) is 9.59 Å². The van der Waals surface area contributed by atoms with Crippen LogP contribution in [0.5, 0.6) is 5.75 Å². The summed E-state index contributed by atoms with van der Waals surface area (Å²) in [5.74, 6) is 0.0513. The van der Waals surface area contributed by atoms with Crippen molar-refractivity contribution in [1.29, 1.82) is 0 Å². The first-order valence-electron chi connectivity index (χ1n) is 9.83. The summed E-state index contributed by atoms with van der Waals surface area (Å²) in [4.78, 5) is 32.2. The van der Waals surface area contributed by atoms with E-state index in [1.54, 1.807) is 18.3 Å². The number of hydrogen-bond donors (Lipinski definition) is 1. The van der Waals surface area contributed by atoms with Crippen molar-refractivity contribution in [3.63, 3.8) is 0 Å². The Morgan fingerprint density at radius 3 is 2.70 bits per heavy atom. The van der Waals surface area contributed by atoms with Crippen LogP contribution in [-0.4, -0.2) is 28.5 Å². The zero-order chi connectivity index (χ0) is 21.1. The first-order valence-corrected chi connectivity index (χ1v) is 9.83. The average Bonchev–Trinajstić information content (AvgIpc) is 3.15. The molecule has 30 heavy (non-hydrogen) atoms. The van der Waals surface area contributed by atoms with Crippen molar-refractivity contribution < 1.29 is 14.3 Å². The van der Waals surface area contributed by atoms with E-state index in [0.717, 1.165) is 22.6 Å². The summed E-state index contributed by atoms with van der Waals surface area (Å²) in [6.07, 6.45) is 2.02. The molecule has 2 amide bonds. The van der Waals surface area contributed by atoms with Crippen LogP contribution in [0.4, 0.5) is 5.82 Å². The van der Waals surface area contributed by atoms with Crippen LogP contribution in [0.2, 0.25) is 0 Å². The molecule has 0 bridgehead atoms. The average molecular weight is 404 g/mol. The molecule has 154 valence electrons. The molecule has 7 heteroatoms. The van der Waals surface area contributed by atoms with Crippen molar-refractivity contribution in [3.05, 3.63) is 77.7 Å². The summed E-state index contributed by atoms with van der Waals surface area (Å²) >= 11 is 0. The van der Waals surface area contributed by atoms with Crippen LogP contribution in [0, 0.1) is 5.92 Å². The predicted octanol–water partition coefficient (Wildman–Crippen LogP) is 2.45. The molecule has 1 aliphatic heterocycles. The van der Waals surface area contributed by atoms with E-state index in [2.05, 4.69) is 10.3 Å². The van der Waals surface area contributed by atoms with Crippen LogP contribution in [0.25, 0.3) is 0 Å². The zero-order valence-corrected chi connectivity index (χ0v) is 17.0. The molecule has 1 aliphatic rings. The van der Waals surface area contributed by atoms with Gasteiger partial charge in [-0.1, -0.05) is 42.5 Å². The molecule has 1 atom stereocenters. The fourth-order valence-electron chi connectivity index (χ4n) is 3.70. The van der Waals surface area contributed by atoms with Crippen LogP contribution in [-0.2, 0) is 36.1 Å². The molecule has 2 aromatic carbocycles. The topological polar surface area (TPSA) is 76.5 Å². The van der Waals surface area contributed by atoms with Gasteiger partial charge in [-0.3, -0.25) is 14.5 Å². The van der Waals surface area contributed by atoms with Gasteiger partial charge in [0, 0.05) is 20.0 Å². The lowest BCUT2D eigenvalue weighted by molar-refractivity contribution is -0.134. The Morgan fingerprint density at radius 2 is 1.93 bits per heavy atom. The molecule has 1 aromatic heterocycles. The van der Waals surface area contributed by atoms with E-state index in [-0.39, 0.29) is 11.8 Å². The van der Waals surface area contributed by atoms with Gasteiger partial charge in [0.1, 0.15) is 11.7 Å². The second kappa shape index (κ2) is 8.41. The number of benzene rings is 2. The summed E-state index contributed by atoms with van der Waals surface area (Å²) in [6.45, 7) is 0.708. The van der Waals surface area contributed by atoms with E-state index in [1.807, 2.05) is 66.2 Å². The minimum atomic E-state index is -0.790. The Morgan fingerprint density at radius 1 is 1.17 bits per heavy atom. The molecule has 3 aromatic rings. The van der Waals surface area contributed by atoms with Gasteiger partial charge in [-0.15, -0.1) is 0 Å². The van der Waals surface area contributed by atoms with E-state index in [4.69, 9.17) is 4.74 Å². The van der Waals surface area contributed by atoms with Crippen molar-refractivity contribution in [2.45, 2.75) is 19.5 Å². The number of anilines is 1. The van der Waals surface area contributed by atoms with Crippen molar-refractivity contribution in [2.24, 2.45) is 13.0 Å². The van der Waals surface area contributed by atoms with Gasteiger partial charge in [-0.05, 0) is 23.3 Å². The maximum atomic E-state index is 13.3. The standard InChI is InChI=1S/C23H24N4O3/c1-26-15-25-21-20(26)12-19(23(29)27(21)14-16-7-4-3-5-8-16)22(28)24-13-17-9-6-10-18(11-17)30-2/h3-11,15,19H,12-14H2,1-2H3,(H,24,28). The molecule has 0 saturated heterocycles. The zero-order valence-electron chi connectivity index (χ0n) is 17.0. The molecule has 7 nitrogen and oxygen atoms in total. The normalized spacial score (nSPS) is 15.6. The molecular weight excluding hydrogens is 380 g/mol. The third-order valence-corrected chi connectivity index (χ3v) is 5.36. The van der Waals surface area contributed by atoms with E-state index in [1.165, 1.54) is 0 Å². The predicted molar refractivity (Wildman–Crippen MR) is 113 cm³/mol. The number of hydrogen-bond acceptors (Lipinski definition) is 4. The van der Waals surface area contributed by atoms with Gasteiger partial charge in [0.25, 0.3) is 0 Å². The molecule has 0 fully saturated rings. The smallest absolute Gasteiger partial charge is 0.241 e. The van der Waals surface area contributed by atoms with E-state index in [0.29, 0.717) is 25.3 Å². The van der Waals surface area contributed by atoms with E-state index >= 15 is 0 Å². The number of amides is 2. The lowest BCUT2D eigenvalue weighted by atomic mass is 9.95. The number of nitrogens with zero attached hydrogens (tertiary/aromatic N) is 3. The number of imidazole rings is 1. The highest BCUT2D eigenvalue weighted by atomic mass is 16.5. The highest BCUT2D eigenvalue weighted by Crippen LogP contribution is 2.30. The van der Waals surface area contributed by atoms with Crippen LogP contribution >= 0.6 is 0 Å². The molecule has 0 aliphatic carbocycles. The molecule has 0 saturated carbocycles. The monoisotopic (exact) mass is 404 g/mol. The first kappa shape index (κ1) is 19.7. The van der Waals surface area contributed by atoms with Gasteiger partial charge in [0.05, 0.1) is 25.7 Å². The van der Waals surface area contributed by atoms with Crippen LogP contribution < -0.4 is 15.0 Å². The number of fused-ring (bicyclic) bond motifs is 1. The second-order valence-corrected chi connectivity index (χ2v) is 7.36. The Labute approximate surface area is 175 Å². The van der Waals surface area contributed by atoms with Crippen LogP contribution in [0.15, 0.2) is 60.9 Å². The van der Waals surface area contributed by atoms with Gasteiger partial charge in [-0.2, -0.15) is 0 Å². The van der Waals surface area contributed by atoms with Gasteiger partial charge >= 0.3 is 0 Å². The fraction of sp³-hybridized carbons (Fsp3) is 0.261. The first-order chi connectivity index (χ1) is 14.6. The minimum absolute atomic E-state index is 0.229. The van der Waals surface area contributed by atoms with Gasteiger partial charge in [0.2, 0.25) is 11.8 Å². The number of carbonyl (C=O) groups is 2. The summed E-state index contributed by atoms with van der Waals surface area (Å²) in [6, 6.07) is 17.2. The third kappa shape index (κ3) is 3.91. The fourth-order valence-corrected chi connectivity index (χ4v) is 3.70. The third-order valence-electron chi connectivity index (χ3n) is 5.36. The molecule has 2 heterocycles. The van der Waals surface area contributed by atoms with Crippen molar-refractivity contribution >= 4 is 17.6 Å². The maximum Gasteiger partial charge on any atom is 0.241 e. The highest BCUT2D eigenvalue weighted by Gasteiger charge is 2.39. The van der Waals surface area contributed by atoms with Gasteiger partial charge in [-0.25, -0.2) is 4.98 Å². The number of rotatable bonds is 6. The molecule has 0 radical (unpaired) electrons. The quantitative estimate of drug-likeness (QED) is 0.641. The number of methoxy groups -OCH3 is 1. The summed E-state index contributed by atoms with van der Waals surface area (Å²) in [5.41, 5.74) is 2.78. The summed E-state index contributed by atoms with van der Waals surface area (Å²) < 4.78 is 7.10. The number of nitrogens with one attached hydrogen (secondary N) is 1. The van der Waals surface area contributed by atoms with Crippen molar-refractivity contribution in [2.75, 3.05) is 12.0 Å². The maximum absolute atomic E-state index is 13.3. The highest BCUT2D eigenvalue weighted by molar-refractivity contribution is 6.09. The SMILES string of the molecule is COc1cccc(CNC(=O)C2Cc3c(ncn3C)N(Cc3ccccc3)C2=O)c1. The van der Waals surface area contributed by atoms with E-state index < -0.39 is 5.92 Å². The number of carbonyl (C=O) groups excluding carboxylic acids is 2. The lowest BCUT2D eigenvalue weighted by Crippen LogP contribution is -2.48.